The number of hydrogen-bond acceptors (Lipinski definition) is 7. The van der Waals surface area contributed by atoms with Crippen LogP contribution in [0, 0.1) is 28.6 Å². The first-order valence-electron chi connectivity index (χ1n) is 19.8. The van der Waals surface area contributed by atoms with Crippen molar-refractivity contribution in [3.63, 3.8) is 0 Å². The summed E-state index contributed by atoms with van der Waals surface area (Å²) in [4.78, 5) is 53.7. The van der Waals surface area contributed by atoms with Gasteiger partial charge < -0.3 is 14.7 Å². The molecule has 4 aliphatic rings. The summed E-state index contributed by atoms with van der Waals surface area (Å²) in [6.07, 6.45) is 19.6. The number of fused-ring (bicyclic) bond motifs is 5. The smallest absolute Gasteiger partial charge is 0.306 e. The van der Waals surface area contributed by atoms with Crippen molar-refractivity contribution >= 4 is 33.9 Å². The van der Waals surface area contributed by atoms with Crippen molar-refractivity contribution < 1.29 is 37.8 Å². The van der Waals surface area contributed by atoms with Crippen molar-refractivity contribution in [1.82, 2.24) is 4.90 Å². The first kappa shape index (κ1) is 42.4. The Bertz CT molecular complexity index is 1400. The molecule has 0 spiro atoms. The third-order valence-corrected chi connectivity index (χ3v) is 13.7. The van der Waals surface area contributed by atoms with E-state index in [-0.39, 0.29) is 31.3 Å². The van der Waals surface area contributed by atoms with Crippen molar-refractivity contribution in [1.29, 1.82) is 0 Å². The normalized spacial score (nSPS) is 35.1. The molecule has 0 radical (unpaired) electrons. The Kier molecular flexibility index (Phi) is 14.6. The highest BCUT2D eigenvalue weighted by Crippen LogP contribution is 2.71. The summed E-state index contributed by atoms with van der Waals surface area (Å²) < 4.78 is 39.9. The second-order valence-electron chi connectivity index (χ2n) is 16.8. The van der Waals surface area contributed by atoms with Crippen LogP contribution in [0.5, 0.6) is 0 Å². The molecule has 7 nitrogen and oxygen atoms in total. The van der Waals surface area contributed by atoms with E-state index >= 15 is 8.78 Å². The molecule has 0 bridgehead atoms. The number of carbonyl (C=O) groups excluding carboxylic acids is 4. The van der Waals surface area contributed by atoms with Crippen LogP contribution < -0.4 is 0 Å². The molecule has 3 saturated carbocycles. The molecule has 0 unspecified atom stereocenters. The van der Waals surface area contributed by atoms with Crippen molar-refractivity contribution in [3.8, 4) is 0 Å². The number of esters is 1. The van der Waals surface area contributed by atoms with E-state index in [0.717, 1.165) is 44.6 Å². The maximum atomic E-state index is 17.7. The Hall–Kier alpha value is -2.33. The average Bonchev–Trinajstić information content (AvgIpc) is 3.30. The minimum absolute atomic E-state index is 0.0216. The largest absolute Gasteiger partial charge is 0.459 e. The van der Waals surface area contributed by atoms with Crippen LogP contribution in [0.3, 0.4) is 0 Å². The lowest BCUT2D eigenvalue weighted by molar-refractivity contribution is -0.201. The number of allylic oxidation sites excluding steroid dienone is 6. The van der Waals surface area contributed by atoms with Crippen LogP contribution in [-0.4, -0.2) is 69.8 Å². The van der Waals surface area contributed by atoms with Gasteiger partial charge in [0, 0.05) is 43.6 Å². The van der Waals surface area contributed by atoms with E-state index < -0.39 is 74.2 Å². The van der Waals surface area contributed by atoms with E-state index in [2.05, 4.69) is 19.1 Å². The third-order valence-electron chi connectivity index (χ3n) is 12.7. The lowest BCUT2D eigenvalue weighted by atomic mass is 9.45. The van der Waals surface area contributed by atoms with Gasteiger partial charge in [0.15, 0.2) is 11.5 Å². The van der Waals surface area contributed by atoms with E-state index in [9.17, 15) is 24.3 Å². The van der Waals surface area contributed by atoms with Gasteiger partial charge in [0.2, 0.25) is 5.12 Å². The van der Waals surface area contributed by atoms with Crippen LogP contribution in [-0.2, 0) is 19.1 Å². The van der Waals surface area contributed by atoms with E-state index in [0.29, 0.717) is 18.2 Å². The highest BCUT2D eigenvalue weighted by atomic mass is 32.2. The Balaban J connectivity index is 1.40. The highest BCUT2D eigenvalue weighted by molar-refractivity contribution is 8.26. The number of carbonyl (C=O) groups is 4. The lowest BCUT2D eigenvalue weighted by Gasteiger charge is -2.62. The van der Waals surface area contributed by atoms with Gasteiger partial charge in [0.25, 0.3) is 5.24 Å². The zero-order chi connectivity index (χ0) is 38.3. The highest BCUT2D eigenvalue weighted by Gasteiger charge is 2.76. The number of thioether (sulfide) groups is 1. The molecule has 4 rings (SSSR count). The van der Waals surface area contributed by atoms with E-state index in [1.165, 1.54) is 76.6 Å². The predicted molar refractivity (Wildman–Crippen MR) is 203 cm³/mol. The Morgan fingerprint density at radius 3 is 2.15 bits per heavy atom. The van der Waals surface area contributed by atoms with E-state index in [1.807, 2.05) is 0 Å². The molecule has 1 N–H and O–H groups in total. The van der Waals surface area contributed by atoms with Crippen molar-refractivity contribution in [2.45, 2.75) is 160 Å². The number of hydrogen-bond donors (Lipinski definition) is 1. The number of rotatable bonds is 17. The standard InChI is InChI=1S/C42H63F2NO6S/c1-7-8-9-10-11-12-13-14-15-16-17-18-19-20-21-22-35(48)51-41(4)27-32-30-26-33(43)31-25-29(46)23-24-40(31,3)42(30,44)34(47)28-39(32,2)36(41)37(49)52-38(50)45(5)6/h14-15,23-25,30,32-34,36,47H,7-13,16-22,26-28H2,1-6H3/b15-14+/t30-,32-,33-,34-,36+,39-,40-,41+,42-/m0/s1. The van der Waals surface area contributed by atoms with Crippen LogP contribution in [0.1, 0.15) is 137 Å². The molecule has 292 valence electrons. The number of aliphatic hydroxyl groups is 1. The molecule has 0 aromatic heterocycles. The number of ketones is 1. The van der Waals surface area contributed by atoms with Gasteiger partial charge >= 0.3 is 5.97 Å². The molecular formula is C42H63F2NO6S. The molecule has 9 atom stereocenters. The topological polar surface area (TPSA) is 101 Å². The molecular weight excluding hydrogens is 685 g/mol. The van der Waals surface area contributed by atoms with Gasteiger partial charge in [0.05, 0.1) is 12.0 Å². The van der Waals surface area contributed by atoms with Crippen LogP contribution in [0.25, 0.3) is 0 Å². The molecule has 0 aromatic carbocycles. The SMILES string of the molecule is CCCCCCCC/C=C/CCCCCCCC(=O)O[C@]1(C)C[C@H]2[C@@H]3C[C@H](F)C4=CC(=O)C=C[C@]4(C)[C@@]3(F)[C@@H](O)C[C@]2(C)[C@H]1C(=O)SC(=O)N(C)C. The molecule has 4 aliphatic carbocycles. The maximum absolute atomic E-state index is 17.7. The number of nitrogens with zero attached hydrogens (tertiary/aromatic N) is 1. The monoisotopic (exact) mass is 747 g/mol. The maximum Gasteiger partial charge on any atom is 0.306 e. The Morgan fingerprint density at radius 1 is 0.942 bits per heavy atom. The molecule has 0 heterocycles. The second kappa shape index (κ2) is 17.9. The van der Waals surface area contributed by atoms with Crippen molar-refractivity contribution in [2.75, 3.05) is 14.1 Å². The molecule has 3 fully saturated rings. The number of halogens is 2. The van der Waals surface area contributed by atoms with E-state index in [4.69, 9.17) is 4.74 Å². The van der Waals surface area contributed by atoms with Crippen LogP contribution in [0.2, 0.25) is 0 Å². The number of aliphatic hydroxyl groups excluding tert-OH is 1. The van der Waals surface area contributed by atoms with Gasteiger partial charge in [0.1, 0.15) is 11.8 Å². The summed E-state index contributed by atoms with van der Waals surface area (Å²) >= 11 is 0.521. The Labute approximate surface area is 314 Å². The van der Waals surface area contributed by atoms with Crippen molar-refractivity contribution in [2.24, 2.45) is 28.6 Å². The predicted octanol–water partition coefficient (Wildman–Crippen LogP) is 9.81. The first-order chi connectivity index (χ1) is 24.5. The zero-order valence-electron chi connectivity index (χ0n) is 32.4. The van der Waals surface area contributed by atoms with Crippen LogP contribution in [0.4, 0.5) is 13.6 Å². The summed E-state index contributed by atoms with van der Waals surface area (Å²) in [5.74, 6) is -3.61. The number of ether oxygens (including phenoxy) is 1. The second-order valence-corrected chi connectivity index (χ2v) is 17.7. The molecule has 10 heteroatoms. The summed E-state index contributed by atoms with van der Waals surface area (Å²) in [6, 6.07) is 0. The molecule has 0 saturated heterocycles. The van der Waals surface area contributed by atoms with Crippen molar-refractivity contribution in [3.05, 3.63) is 36.0 Å². The van der Waals surface area contributed by atoms with Gasteiger partial charge in [-0.2, -0.15) is 0 Å². The minimum atomic E-state index is -2.33. The fraction of sp³-hybridized carbons (Fsp3) is 0.762. The summed E-state index contributed by atoms with van der Waals surface area (Å²) in [5, 5.41) is 10.7. The van der Waals surface area contributed by atoms with E-state index in [1.54, 1.807) is 13.8 Å². The quantitative estimate of drug-likeness (QED) is 0.0898. The van der Waals surface area contributed by atoms with Crippen LogP contribution in [0.15, 0.2) is 36.0 Å². The lowest BCUT2D eigenvalue weighted by Crippen LogP contribution is -2.68. The Morgan fingerprint density at radius 2 is 1.54 bits per heavy atom. The van der Waals surface area contributed by atoms with Gasteiger partial charge in [-0.3, -0.25) is 19.2 Å². The fourth-order valence-electron chi connectivity index (χ4n) is 10.1. The summed E-state index contributed by atoms with van der Waals surface area (Å²) in [7, 11) is 3.07. The molecule has 0 aromatic rings. The third kappa shape index (κ3) is 8.79. The summed E-state index contributed by atoms with van der Waals surface area (Å²) in [5.41, 5.74) is -6.38. The van der Waals surface area contributed by atoms with Gasteiger partial charge in [-0.25, -0.2) is 8.78 Å². The van der Waals surface area contributed by atoms with Gasteiger partial charge in [-0.15, -0.1) is 0 Å². The number of amides is 1. The number of unbranched alkanes of at least 4 members (excludes halogenated alkanes) is 11. The number of alkyl halides is 2. The summed E-state index contributed by atoms with van der Waals surface area (Å²) in [6.45, 7) is 7.22. The fourth-order valence-corrected chi connectivity index (χ4v) is 11.1. The molecule has 1 amide bonds. The van der Waals surface area contributed by atoms with Gasteiger partial charge in [-0.1, -0.05) is 83.4 Å². The van der Waals surface area contributed by atoms with Gasteiger partial charge in [-0.05, 0) is 94.3 Å². The molecule has 52 heavy (non-hydrogen) atoms. The average molecular weight is 748 g/mol. The first-order valence-corrected chi connectivity index (χ1v) is 20.6. The van der Waals surface area contributed by atoms with Crippen LogP contribution >= 0.6 is 11.8 Å². The minimum Gasteiger partial charge on any atom is -0.459 e. The zero-order valence-corrected chi connectivity index (χ0v) is 33.2. The molecule has 0 aliphatic heterocycles.